The van der Waals surface area contributed by atoms with Crippen molar-refractivity contribution in [3.8, 4) is 0 Å². The van der Waals surface area contributed by atoms with E-state index < -0.39 is 5.60 Å². The molecule has 0 amide bonds. The predicted molar refractivity (Wildman–Crippen MR) is 89.1 cm³/mol. The Labute approximate surface area is 131 Å². The summed E-state index contributed by atoms with van der Waals surface area (Å²) in [6.07, 6.45) is 4.42. The van der Waals surface area contributed by atoms with Gasteiger partial charge in [-0.15, -0.1) is 0 Å². The second-order valence-electron chi connectivity index (χ2n) is 6.52. The number of hydrogen-bond acceptors (Lipinski definition) is 5. The summed E-state index contributed by atoms with van der Waals surface area (Å²) in [7, 11) is 4.02. The molecular weight excluding hydrogens is 276 g/mol. The minimum Gasteiger partial charge on any atom is -0.388 e. The van der Waals surface area contributed by atoms with Gasteiger partial charge in [-0.1, -0.05) is 12.1 Å². The van der Waals surface area contributed by atoms with Crippen molar-refractivity contribution in [2.75, 3.05) is 38.6 Å². The van der Waals surface area contributed by atoms with Gasteiger partial charge in [-0.25, -0.2) is 4.98 Å². The molecule has 1 N–H and O–H groups in total. The van der Waals surface area contributed by atoms with Gasteiger partial charge < -0.3 is 14.9 Å². The number of fused-ring (bicyclic) bond motifs is 1. The molecule has 1 aliphatic rings. The van der Waals surface area contributed by atoms with Crippen LogP contribution in [0.3, 0.4) is 0 Å². The van der Waals surface area contributed by atoms with E-state index in [-0.39, 0.29) is 0 Å². The summed E-state index contributed by atoms with van der Waals surface area (Å²) in [6.45, 7) is 2.45. The Morgan fingerprint density at radius 2 is 1.95 bits per heavy atom. The molecule has 118 valence electrons. The van der Waals surface area contributed by atoms with E-state index >= 15 is 0 Å². The number of nitrogens with zero attached hydrogens (tertiary/aromatic N) is 4. The highest BCUT2D eigenvalue weighted by Gasteiger charge is 2.31. The number of anilines is 1. The average Bonchev–Trinajstić information content (AvgIpc) is 2.68. The van der Waals surface area contributed by atoms with E-state index in [9.17, 15) is 5.11 Å². The third-order valence-electron chi connectivity index (χ3n) is 4.29. The van der Waals surface area contributed by atoms with Gasteiger partial charge in [-0.05, 0) is 45.5 Å². The summed E-state index contributed by atoms with van der Waals surface area (Å²) in [4.78, 5) is 13.5. The number of aliphatic hydroxyl groups is 1. The third-order valence-corrected chi connectivity index (χ3v) is 4.29. The van der Waals surface area contributed by atoms with Crippen molar-refractivity contribution in [1.29, 1.82) is 0 Å². The Morgan fingerprint density at radius 3 is 2.73 bits per heavy atom. The van der Waals surface area contributed by atoms with Crippen molar-refractivity contribution in [1.82, 2.24) is 14.9 Å². The molecule has 1 fully saturated rings. The molecule has 2 heterocycles. The maximum Gasteiger partial charge on any atom is 0.147 e. The molecule has 2 aromatic rings. The maximum absolute atomic E-state index is 10.8. The molecule has 5 nitrogen and oxygen atoms in total. The summed E-state index contributed by atoms with van der Waals surface area (Å²) in [5.74, 6) is 0.910. The number of aromatic nitrogens is 2. The first-order chi connectivity index (χ1) is 10.6. The standard InChI is InChI=1S/C17H24N4O/c1-20(2)13-17(22)8-5-10-21(11-9-17)16-12-18-14-6-3-4-7-15(14)19-16/h3-4,6-7,12,22H,5,8-11,13H2,1-2H3. The van der Waals surface area contributed by atoms with Crippen LogP contribution in [0.2, 0.25) is 0 Å². The SMILES string of the molecule is CN(C)CC1(O)CCCN(c2cnc3ccccc3n2)CC1. The first-order valence-electron chi connectivity index (χ1n) is 7.90. The summed E-state index contributed by atoms with van der Waals surface area (Å²) < 4.78 is 0. The highest BCUT2D eigenvalue weighted by molar-refractivity contribution is 5.75. The van der Waals surface area contributed by atoms with Crippen LogP contribution in [-0.4, -0.2) is 59.3 Å². The lowest BCUT2D eigenvalue weighted by molar-refractivity contribution is 0.00537. The van der Waals surface area contributed by atoms with Crippen LogP contribution < -0.4 is 4.90 Å². The van der Waals surface area contributed by atoms with E-state index in [1.807, 2.05) is 44.6 Å². The Bertz CT molecular complexity index is 645. The first-order valence-corrected chi connectivity index (χ1v) is 7.90. The summed E-state index contributed by atoms with van der Waals surface area (Å²) in [5, 5.41) is 10.8. The Morgan fingerprint density at radius 1 is 1.18 bits per heavy atom. The lowest BCUT2D eigenvalue weighted by Crippen LogP contribution is -2.41. The third kappa shape index (κ3) is 3.36. The molecule has 1 aliphatic heterocycles. The molecular formula is C17H24N4O. The minimum atomic E-state index is -0.595. The Hall–Kier alpha value is -1.72. The average molecular weight is 300 g/mol. The zero-order valence-corrected chi connectivity index (χ0v) is 13.4. The Balaban J connectivity index is 1.77. The van der Waals surface area contributed by atoms with Crippen molar-refractivity contribution in [2.24, 2.45) is 0 Å². The molecule has 5 heteroatoms. The number of hydrogen-bond donors (Lipinski definition) is 1. The van der Waals surface area contributed by atoms with Crippen molar-refractivity contribution in [3.05, 3.63) is 30.5 Å². The molecule has 0 bridgehead atoms. The van der Waals surface area contributed by atoms with E-state index in [1.54, 1.807) is 0 Å². The number of likely N-dealkylation sites (N-methyl/N-ethyl adjacent to an activating group) is 1. The van der Waals surface area contributed by atoms with Crippen molar-refractivity contribution in [2.45, 2.75) is 24.9 Å². The smallest absolute Gasteiger partial charge is 0.147 e. The van der Waals surface area contributed by atoms with E-state index in [0.717, 1.165) is 49.2 Å². The molecule has 1 unspecified atom stereocenters. The summed E-state index contributed by atoms with van der Waals surface area (Å²) in [6, 6.07) is 7.93. The highest BCUT2D eigenvalue weighted by atomic mass is 16.3. The Kier molecular flexibility index (Phi) is 4.27. The van der Waals surface area contributed by atoms with Gasteiger partial charge in [-0.2, -0.15) is 0 Å². The molecule has 0 spiro atoms. The number of benzene rings is 1. The molecule has 1 aromatic heterocycles. The predicted octanol–water partition coefficient (Wildman–Crippen LogP) is 1.91. The maximum atomic E-state index is 10.8. The van der Waals surface area contributed by atoms with Crippen LogP contribution in [0.15, 0.2) is 30.5 Å². The molecule has 0 saturated carbocycles. The van der Waals surface area contributed by atoms with E-state index in [4.69, 9.17) is 4.98 Å². The van der Waals surface area contributed by atoms with Gasteiger partial charge in [0.05, 0.1) is 22.8 Å². The van der Waals surface area contributed by atoms with Gasteiger partial charge in [0.15, 0.2) is 0 Å². The lowest BCUT2D eigenvalue weighted by Gasteiger charge is -2.30. The molecule has 1 atom stereocenters. The fraction of sp³-hybridized carbons (Fsp3) is 0.529. The van der Waals surface area contributed by atoms with E-state index in [1.165, 1.54) is 0 Å². The van der Waals surface area contributed by atoms with Crippen LogP contribution in [0.1, 0.15) is 19.3 Å². The van der Waals surface area contributed by atoms with Gasteiger partial charge >= 0.3 is 0 Å². The quantitative estimate of drug-likeness (QED) is 0.938. The fourth-order valence-corrected chi connectivity index (χ4v) is 3.25. The van der Waals surface area contributed by atoms with Crippen LogP contribution >= 0.6 is 0 Å². The molecule has 1 saturated heterocycles. The first kappa shape index (κ1) is 15.2. The van der Waals surface area contributed by atoms with Gasteiger partial charge in [0.1, 0.15) is 5.82 Å². The monoisotopic (exact) mass is 300 g/mol. The lowest BCUT2D eigenvalue weighted by atomic mass is 9.94. The zero-order valence-electron chi connectivity index (χ0n) is 13.4. The van der Waals surface area contributed by atoms with E-state index in [0.29, 0.717) is 6.54 Å². The van der Waals surface area contributed by atoms with Crippen LogP contribution in [0.5, 0.6) is 0 Å². The number of para-hydroxylation sites is 2. The van der Waals surface area contributed by atoms with Crippen LogP contribution in [0, 0.1) is 0 Å². The molecule has 22 heavy (non-hydrogen) atoms. The second kappa shape index (κ2) is 6.18. The van der Waals surface area contributed by atoms with E-state index in [2.05, 4.69) is 14.8 Å². The van der Waals surface area contributed by atoms with Crippen LogP contribution in [0.25, 0.3) is 11.0 Å². The van der Waals surface area contributed by atoms with Gasteiger partial charge in [0.25, 0.3) is 0 Å². The summed E-state index contributed by atoms with van der Waals surface area (Å²) >= 11 is 0. The highest BCUT2D eigenvalue weighted by Crippen LogP contribution is 2.26. The minimum absolute atomic E-state index is 0.595. The van der Waals surface area contributed by atoms with Crippen molar-refractivity contribution >= 4 is 16.9 Å². The normalized spacial score (nSPS) is 23.0. The fourth-order valence-electron chi connectivity index (χ4n) is 3.25. The molecule has 0 radical (unpaired) electrons. The van der Waals surface area contributed by atoms with Gasteiger partial charge in [0.2, 0.25) is 0 Å². The second-order valence-corrected chi connectivity index (χ2v) is 6.52. The van der Waals surface area contributed by atoms with Crippen LogP contribution in [0.4, 0.5) is 5.82 Å². The largest absolute Gasteiger partial charge is 0.388 e. The van der Waals surface area contributed by atoms with Gasteiger partial charge in [0, 0.05) is 19.6 Å². The summed E-state index contributed by atoms with van der Waals surface area (Å²) in [5.41, 5.74) is 1.25. The van der Waals surface area contributed by atoms with Crippen LogP contribution in [-0.2, 0) is 0 Å². The molecule has 1 aromatic carbocycles. The van der Waals surface area contributed by atoms with Crippen molar-refractivity contribution < 1.29 is 5.11 Å². The van der Waals surface area contributed by atoms with Gasteiger partial charge in [-0.3, -0.25) is 4.98 Å². The van der Waals surface area contributed by atoms with Crippen molar-refractivity contribution in [3.63, 3.8) is 0 Å². The zero-order chi connectivity index (χ0) is 15.6. The topological polar surface area (TPSA) is 52.5 Å². The number of rotatable bonds is 3. The molecule has 3 rings (SSSR count). The molecule has 0 aliphatic carbocycles.